The Kier molecular flexibility index (Phi) is 39.8. The van der Waals surface area contributed by atoms with Crippen LogP contribution in [0.5, 0.6) is 0 Å². The number of ether oxygens (including phenoxy) is 1. The van der Waals surface area contributed by atoms with Crippen molar-refractivity contribution >= 4 is 25.7 Å². The second-order valence-corrected chi connectivity index (χ2v) is 17.0. The molecule has 58 heavy (non-hydrogen) atoms. The number of aliphatic carboxylic acids is 1. The van der Waals surface area contributed by atoms with Gasteiger partial charge in [-0.05, 0) is 70.6 Å². The number of allylic oxidation sites excluding steroid dienone is 6. The van der Waals surface area contributed by atoms with Gasteiger partial charge in [-0.1, -0.05) is 159 Å². The molecule has 0 aliphatic rings. The number of amides is 1. The maximum atomic E-state index is 12.3. The lowest BCUT2D eigenvalue weighted by atomic mass is 10.1. The van der Waals surface area contributed by atoms with Crippen LogP contribution in [0.3, 0.4) is 0 Å². The van der Waals surface area contributed by atoms with E-state index in [4.69, 9.17) is 13.8 Å². The number of aliphatic hydroxyl groups is 1. The normalized spacial score (nSPS) is 14.0. The summed E-state index contributed by atoms with van der Waals surface area (Å²) in [5, 5.41) is 21.8. The number of rotatable bonds is 43. The molecule has 1 amide bonds. The van der Waals surface area contributed by atoms with E-state index in [1.165, 1.54) is 89.9 Å². The van der Waals surface area contributed by atoms with Crippen molar-refractivity contribution in [3.05, 3.63) is 36.5 Å². The molecule has 0 saturated heterocycles. The number of hydrogen-bond donors (Lipinski definition) is 4. The van der Waals surface area contributed by atoms with E-state index in [0.29, 0.717) is 12.8 Å². The molecule has 0 aromatic rings. The van der Waals surface area contributed by atoms with Crippen LogP contribution >= 0.6 is 7.82 Å². The summed E-state index contributed by atoms with van der Waals surface area (Å²) in [6, 6.07) is -1.55. The minimum Gasteiger partial charge on any atom is -0.480 e. The minimum absolute atomic E-state index is 0.140. The summed E-state index contributed by atoms with van der Waals surface area (Å²) in [6.45, 7) is 2.56. The first-order valence-corrected chi connectivity index (χ1v) is 24.5. The molecule has 0 bridgehead atoms. The SMILES string of the molecule is CCCCC/C=C\C/C=C\CCCCCCCCCCCC(=O)NC(COP(=O)(O)OCC(O)COC(=O)CCCCCCC/C=C\CCCCCCCC)C(=O)O. The molecule has 0 rings (SSSR count). The second kappa shape index (κ2) is 41.4. The van der Waals surface area contributed by atoms with Crippen LogP contribution in [-0.4, -0.2) is 64.9 Å². The van der Waals surface area contributed by atoms with Crippen LogP contribution in [0.1, 0.15) is 206 Å². The molecule has 0 spiro atoms. The molecule has 338 valence electrons. The highest BCUT2D eigenvalue weighted by atomic mass is 31.2. The summed E-state index contributed by atoms with van der Waals surface area (Å²) in [5.41, 5.74) is 0. The molecule has 4 N–H and O–H groups in total. The van der Waals surface area contributed by atoms with Crippen molar-refractivity contribution in [1.29, 1.82) is 0 Å². The van der Waals surface area contributed by atoms with Crippen LogP contribution in [0.4, 0.5) is 0 Å². The molecule has 3 atom stereocenters. The monoisotopic (exact) mass is 842 g/mol. The van der Waals surface area contributed by atoms with Crippen molar-refractivity contribution in [3.8, 4) is 0 Å². The number of nitrogens with one attached hydrogen (secondary N) is 1. The smallest absolute Gasteiger partial charge is 0.472 e. The van der Waals surface area contributed by atoms with E-state index >= 15 is 0 Å². The Morgan fingerprint density at radius 3 is 1.45 bits per heavy atom. The Morgan fingerprint density at radius 1 is 0.552 bits per heavy atom. The third kappa shape index (κ3) is 40.5. The fourth-order valence-electron chi connectivity index (χ4n) is 6.28. The summed E-state index contributed by atoms with van der Waals surface area (Å²) in [4.78, 5) is 46.0. The summed E-state index contributed by atoms with van der Waals surface area (Å²) in [5.74, 6) is -2.38. The highest BCUT2D eigenvalue weighted by molar-refractivity contribution is 7.47. The first kappa shape index (κ1) is 55.7. The maximum Gasteiger partial charge on any atom is 0.472 e. The Balaban J connectivity index is 3.89. The molecule has 0 radical (unpaired) electrons. The number of carboxylic acids is 1. The Morgan fingerprint density at radius 2 is 0.948 bits per heavy atom. The number of phosphoric acid groups is 1. The van der Waals surface area contributed by atoms with Crippen LogP contribution in [0.25, 0.3) is 0 Å². The lowest BCUT2D eigenvalue weighted by Gasteiger charge is -2.18. The molecule has 0 saturated carbocycles. The van der Waals surface area contributed by atoms with Crippen molar-refractivity contribution in [2.45, 2.75) is 219 Å². The van der Waals surface area contributed by atoms with Gasteiger partial charge in [-0.3, -0.25) is 18.6 Å². The standard InChI is InChI=1S/C46H84NO10P/c1-3-5-7-9-11-13-15-17-19-20-21-22-24-25-27-29-31-33-35-37-44(49)47-43(46(51)52)41-57-58(53,54)56-40-42(48)39-55-45(50)38-36-34-32-30-28-26-23-18-16-14-12-10-8-6-4-2/h11,13,17-19,23,42-43,48H,3-10,12,14-16,20-22,24-41H2,1-2H3,(H,47,49)(H,51,52)(H,53,54)/b13-11-,19-17-,23-18-. The zero-order valence-electron chi connectivity index (χ0n) is 36.6. The minimum atomic E-state index is -4.76. The molecule has 0 aliphatic heterocycles. The molecule has 0 aromatic heterocycles. The quantitative estimate of drug-likeness (QED) is 0.0201. The molecular weight excluding hydrogens is 757 g/mol. The van der Waals surface area contributed by atoms with Gasteiger partial charge in [0.15, 0.2) is 6.04 Å². The van der Waals surface area contributed by atoms with Gasteiger partial charge in [0.25, 0.3) is 0 Å². The van der Waals surface area contributed by atoms with Crippen molar-refractivity contribution in [2.24, 2.45) is 0 Å². The number of unbranched alkanes of at least 4 members (excludes halogenated alkanes) is 23. The van der Waals surface area contributed by atoms with Crippen LogP contribution in [0.2, 0.25) is 0 Å². The van der Waals surface area contributed by atoms with Gasteiger partial charge >= 0.3 is 19.8 Å². The molecule has 0 fully saturated rings. The number of carbonyl (C=O) groups is 3. The van der Waals surface area contributed by atoms with E-state index in [2.05, 4.69) is 55.6 Å². The summed E-state index contributed by atoms with van der Waals surface area (Å²) in [7, 11) is -4.76. The Hall–Kier alpha value is -2.30. The molecular formula is C46H84NO10P. The average molecular weight is 842 g/mol. The lowest BCUT2D eigenvalue weighted by Crippen LogP contribution is -2.43. The Labute approximate surface area is 352 Å². The third-order valence-corrected chi connectivity index (χ3v) is 10.9. The highest BCUT2D eigenvalue weighted by Gasteiger charge is 2.28. The van der Waals surface area contributed by atoms with Crippen molar-refractivity contribution in [2.75, 3.05) is 19.8 Å². The van der Waals surface area contributed by atoms with Crippen LogP contribution in [-0.2, 0) is 32.7 Å². The molecule has 3 unspecified atom stereocenters. The molecule has 0 aromatic carbocycles. The number of carboxylic acid groups (broad SMARTS) is 1. The van der Waals surface area contributed by atoms with Crippen molar-refractivity contribution in [1.82, 2.24) is 5.32 Å². The van der Waals surface area contributed by atoms with Crippen LogP contribution in [0.15, 0.2) is 36.5 Å². The predicted molar refractivity (Wildman–Crippen MR) is 236 cm³/mol. The second-order valence-electron chi connectivity index (χ2n) is 15.6. The molecule has 0 aliphatic carbocycles. The molecule has 11 nitrogen and oxygen atoms in total. The van der Waals surface area contributed by atoms with Gasteiger partial charge in [0.2, 0.25) is 5.91 Å². The van der Waals surface area contributed by atoms with Gasteiger partial charge in [0.1, 0.15) is 12.7 Å². The number of esters is 1. The molecule has 0 heterocycles. The van der Waals surface area contributed by atoms with E-state index in [9.17, 15) is 34.1 Å². The van der Waals surface area contributed by atoms with Gasteiger partial charge in [-0.15, -0.1) is 0 Å². The fraction of sp³-hybridized carbons (Fsp3) is 0.804. The van der Waals surface area contributed by atoms with Crippen molar-refractivity contribution in [3.63, 3.8) is 0 Å². The Bertz CT molecular complexity index is 1130. The van der Waals surface area contributed by atoms with Gasteiger partial charge in [-0.2, -0.15) is 0 Å². The first-order chi connectivity index (χ1) is 28.1. The largest absolute Gasteiger partial charge is 0.480 e. The number of carbonyl (C=O) groups excluding carboxylic acids is 2. The van der Waals surface area contributed by atoms with Gasteiger partial charge in [0.05, 0.1) is 13.2 Å². The number of aliphatic hydroxyl groups excluding tert-OH is 1. The maximum absolute atomic E-state index is 12.3. The summed E-state index contributed by atoms with van der Waals surface area (Å²) in [6.07, 6.45) is 44.4. The predicted octanol–water partition coefficient (Wildman–Crippen LogP) is 12.0. The number of phosphoric ester groups is 1. The zero-order chi connectivity index (χ0) is 42.8. The van der Waals surface area contributed by atoms with Gasteiger partial charge < -0.3 is 25.2 Å². The van der Waals surface area contributed by atoms with Gasteiger partial charge in [0, 0.05) is 12.8 Å². The van der Waals surface area contributed by atoms with E-state index < -0.39 is 57.6 Å². The van der Waals surface area contributed by atoms with E-state index in [-0.39, 0.29) is 12.8 Å². The highest BCUT2D eigenvalue weighted by Crippen LogP contribution is 2.43. The van der Waals surface area contributed by atoms with E-state index in [1.807, 2.05) is 0 Å². The molecule has 12 heteroatoms. The zero-order valence-corrected chi connectivity index (χ0v) is 37.5. The third-order valence-electron chi connectivity index (χ3n) is 9.90. The number of hydrogen-bond acceptors (Lipinski definition) is 8. The summed E-state index contributed by atoms with van der Waals surface area (Å²) >= 11 is 0. The first-order valence-electron chi connectivity index (χ1n) is 23.0. The fourth-order valence-corrected chi connectivity index (χ4v) is 7.05. The van der Waals surface area contributed by atoms with Crippen LogP contribution < -0.4 is 5.32 Å². The summed E-state index contributed by atoms with van der Waals surface area (Å²) < 4.78 is 26.9. The van der Waals surface area contributed by atoms with Gasteiger partial charge in [-0.25, -0.2) is 9.36 Å². The van der Waals surface area contributed by atoms with E-state index in [0.717, 1.165) is 77.0 Å². The lowest BCUT2D eigenvalue weighted by molar-refractivity contribution is -0.147. The van der Waals surface area contributed by atoms with Crippen molar-refractivity contribution < 1.29 is 47.8 Å². The van der Waals surface area contributed by atoms with Crippen LogP contribution in [0, 0.1) is 0 Å². The topological polar surface area (TPSA) is 169 Å². The van der Waals surface area contributed by atoms with E-state index in [1.54, 1.807) is 0 Å². The average Bonchev–Trinajstić information content (AvgIpc) is 3.20.